The molecule has 2 heterocycles. The van der Waals surface area contributed by atoms with E-state index in [4.69, 9.17) is 14.2 Å². The summed E-state index contributed by atoms with van der Waals surface area (Å²) in [5.74, 6) is 2.16. The van der Waals surface area contributed by atoms with E-state index in [1.165, 1.54) is 0 Å². The van der Waals surface area contributed by atoms with Crippen LogP contribution < -0.4 is 9.47 Å². The number of nitrogens with zero attached hydrogens (tertiary/aromatic N) is 1. The fourth-order valence-electron chi connectivity index (χ4n) is 3.96. The highest BCUT2D eigenvalue weighted by molar-refractivity contribution is 5.81. The Morgan fingerprint density at radius 1 is 1.12 bits per heavy atom. The number of para-hydroxylation sites is 2. The molecule has 0 saturated carbocycles. The summed E-state index contributed by atoms with van der Waals surface area (Å²) in [5.41, 5.74) is 0. The zero-order valence-electron chi connectivity index (χ0n) is 15.1. The third-order valence-corrected chi connectivity index (χ3v) is 5.36. The number of hydrogen-bond acceptors (Lipinski definition) is 4. The van der Waals surface area contributed by atoms with E-state index >= 15 is 0 Å². The van der Waals surface area contributed by atoms with Crippen LogP contribution in [-0.2, 0) is 9.53 Å². The monoisotopic (exact) mass is 357 g/mol. The second-order valence-corrected chi connectivity index (χ2v) is 7.39. The molecule has 4 rings (SSSR count). The number of ether oxygens (including phenoxy) is 3. The van der Waals surface area contributed by atoms with Crippen LogP contribution >= 0.6 is 0 Å². The van der Waals surface area contributed by atoms with Gasteiger partial charge >= 0.3 is 0 Å². The lowest BCUT2D eigenvalue weighted by Crippen LogP contribution is -2.48. The smallest absolute Gasteiger partial charge is 0.251 e. The highest BCUT2D eigenvalue weighted by Gasteiger charge is 2.32. The summed E-state index contributed by atoms with van der Waals surface area (Å²) in [7, 11) is 0. The molecule has 0 unspecified atom stereocenters. The Bertz CT molecular complexity index is 653. The van der Waals surface area contributed by atoms with Gasteiger partial charge in [-0.25, -0.2) is 0 Å². The van der Waals surface area contributed by atoms with Gasteiger partial charge in [-0.3, -0.25) is 4.79 Å². The maximum Gasteiger partial charge on any atom is 0.251 e. The van der Waals surface area contributed by atoms with Crippen LogP contribution in [0.1, 0.15) is 32.1 Å². The van der Waals surface area contributed by atoms with E-state index in [0.717, 1.165) is 50.1 Å². The lowest BCUT2D eigenvalue weighted by atomic mass is 9.93. The van der Waals surface area contributed by atoms with Crippen LogP contribution in [0.15, 0.2) is 36.4 Å². The van der Waals surface area contributed by atoms with Crippen molar-refractivity contribution in [2.24, 2.45) is 5.92 Å². The van der Waals surface area contributed by atoms with Gasteiger partial charge in [-0.05, 0) is 50.2 Å². The van der Waals surface area contributed by atoms with E-state index in [1.807, 2.05) is 29.2 Å². The van der Waals surface area contributed by atoms with Crippen LogP contribution in [0, 0.1) is 5.92 Å². The predicted octanol–water partition coefficient (Wildman–Crippen LogP) is 3.19. The molecule has 1 saturated heterocycles. The molecule has 3 aliphatic rings. The number of benzene rings is 1. The van der Waals surface area contributed by atoms with Gasteiger partial charge < -0.3 is 19.1 Å². The van der Waals surface area contributed by atoms with E-state index in [9.17, 15) is 4.79 Å². The zero-order valence-corrected chi connectivity index (χ0v) is 15.1. The Morgan fingerprint density at radius 3 is 2.77 bits per heavy atom. The average molecular weight is 357 g/mol. The van der Waals surface area contributed by atoms with Gasteiger partial charge in [0.1, 0.15) is 12.7 Å². The van der Waals surface area contributed by atoms with Crippen molar-refractivity contribution in [3.8, 4) is 11.5 Å². The first-order valence-corrected chi connectivity index (χ1v) is 9.73. The third kappa shape index (κ3) is 4.04. The first kappa shape index (κ1) is 17.4. The summed E-state index contributed by atoms with van der Waals surface area (Å²) in [6.45, 7) is 2.47. The van der Waals surface area contributed by atoms with Crippen LogP contribution in [-0.4, -0.2) is 49.3 Å². The van der Waals surface area contributed by atoms with Crippen molar-refractivity contribution in [2.75, 3.05) is 26.3 Å². The van der Waals surface area contributed by atoms with Crippen molar-refractivity contribution in [3.05, 3.63) is 36.4 Å². The highest BCUT2D eigenvalue weighted by atomic mass is 16.6. The van der Waals surface area contributed by atoms with Crippen molar-refractivity contribution in [2.45, 2.75) is 44.3 Å². The summed E-state index contributed by atoms with van der Waals surface area (Å²) >= 11 is 0. The largest absolute Gasteiger partial charge is 0.486 e. The first-order valence-electron chi connectivity index (χ1n) is 9.73. The number of carbonyl (C=O) groups excluding carboxylic acids is 1. The average Bonchev–Trinajstić information content (AvgIpc) is 3.22. The fraction of sp³-hybridized carbons (Fsp3) is 0.571. The number of allylic oxidation sites excluding steroid dienone is 2. The molecular formula is C21H27NO4. The minimum Gasteiger partial charge on any atom is -0.486 e. The van der Waals surface area contributed by atoms with E-state index in [-0.39, 0.29) is 18.1 Å². The Balaban J connectivity index is 1.43. The molecule has 1 aliphatic carbocycles. The standard InChI is InChI=1S/C21H27NO4/c23-21(20-11-6-12-24-20)22(13-16-7-2-1-3-8-16)14-17-15-25-18-9-4-5-10-19(18)26-17/h1-2,4-5,9-10,16-17,20H,3,6-8,11-15H2/t16-,17+,20+/m1/s1. The highest BCUT2D eigenvalue weighted by Crippen LogP contribution is 2.31. The molecule has 1 fully saturated rings. The SMILES string of the molecule is O=C([C@@H]1CCCO1)N(C[C@@H]1CC=CCC1)C[C@H]1COc2ccccc2O1. The molecule has 1 aromatic rings. The van der Waals surface area contributed by atoms with Gasteiger partial charge in [-0.1, -0.05) is 24.3 Å². The summed E-state index contributed by atoms with van der Waals surface area (Å²) < 4.78 is 17.6. The van der Waals surface area contributed by atoms with Crippen molar-refractivity contribution in [3.63, 3.8) is 0 Å². The van der Waals surface area contributed by atoms with Gasteiger partial charge in [0, 0.05) is 13.2 Å². The minimum absolute atomic E-state index is 0.111. The van der Waals surface area contributed by atoms with E-state index in [1.54, 1.807) is 0 Å². The number of carbonyl (C=O) groups is 1. The maximum absolute atomic E-state index is 13.0. The van der Waals surface area contributed by atoms with Gasteiger partial charge in [0.05, 0.1) is 6.54 Å². The molecule has 140 valence electrons. The van der Waals surface area contributed by atoms with Gasteiger partial charge in [-0.2, -0.15) is 0 Å². The van der Waals surface area contributed by atoms with Gasteiger partial charge in [0.15, 0.2) is 17.6 Å². The second-order valence-electron chi connectivity index (χ2n) is 7.39. The predicted molar refractivity (Wildman–Crippen MR) is 98.4 cm³/mol. The number of rotatable bonds is 5. The second kappa shape index (κ2) is 8.12. The molecule has 0 N–H and O–H groups in total. The fourth-order valence-corrected chi connectivity index (χ4v) is 3.96. The quantitative estimate of drug-likeness (QED) is 0.760. The normalized spacial score (nSPS) is 27.3. The van der Waals surface area contributed by atoms with Crippen LogP contribution in [0.3, 0.4) is 0 Å². The summed E-state index contributed by atoms with van der Waals surface area (Å²) in [6.07, 6.45) is 9.11. The van der Waals surface area contributed by atoms with Crippen molar-refractivity contribution in [1.82, 2.24) is 4.90 Å². The Kier molecular flexibility index (Phi) is 5.44. The number of fused-ring (bicyclic) bond motifs is 1. The van der Waals surface area contributed by atoms with Gasteiger partial charge in [0.25, 0.3) is 5.91 Å². The molecule has 2 aliphatic heterocycles. The molecule has 3 atom stereocenters. The maximum atomic E-state index is 13.0. The molecule has 1 amide bonds. The lowest BCUT2D eigenvalue weighted by molar-refractivity contribution is -0.143. The number of amides is 1. The summed E-state index contributed by atoms with van der Waals surface area (Å²) in [6, 6.07) is 7.70. The van der Waals surface area contributed by atoms with Gasteiger partial charge in [0.2, 0.25) is 0 Å². The van der Waals surface area contributed by atoms with Crippen molar-refractivity contribution >= 4 is 5.91 Å². The van der Waals surface area contributed by atoms with Crippen molar-refractivity contribution < 1.29 is 19.0 Å². The summed E-state index contributed by atoms with van der Waals surface area (Å²) in [4.78, 5) is 15.0. The Morgan fingerprint density at radius 2 is 2.00 bits per heavy atom. The molecular weight excluding hydrogens is 330 g/mol. The van der Waals surface area contributed by atoms with E-state index in [0.29, 0.717) is 25.7 Å². The number of hydrogen-bond donors (Lipinski definition) is 0. The van der Waals surface area contributed by atoms with E-state index in [2.05, 4.69) is 12.2 Å². The molecule has 5 heteroatoms. The lowest BCUT2D eigenvalue weighted by Gasteiger charge is -2.34. The Hall–Kier alpha value is -2.01. The van der Waals surface area contributed by atoms with Crippen LogP contribution in [0.2, 0.25) is 0 Å². The molecule has 0 bridgehead atoms. The zero-order chi connectivity index (χ0) is 17.8. The van der Waals surface area contributed by atoms with Gasteiger partial charge in [-0.15, -0.1) is 0 Å². The van der Waals surface area contributed by atoms with Crippen LogP contribution in [0.5, 0.6) is 11.5 Å². The Labute approximate surface area is 154 Å². The molecule has 0 aromatic heterocycles. The van der Waals surface area contributed by atoms with Crippen LogP contribution in [0.25, 0.3) is 0 Å². The van der Waals surface area contributed by atoms with E-state index < -0.39 is 0 Å². The topological polar surface area (TPSA) is 48.0 Å². The summed E-state index contributed by atoms with van der Waals surface area (Å²) in [5, 5.41) is 0. The molecule has 5 nitrogen and oxygen atoms in total. The van der Waals surface area contributed by atoms with Crippen LogP contribution in [0.4, 0.5) is 0 Å². The third-order valence-electron chi connectivity index (χ3n) is 5.36. The molecule has 0 spiro atoms. The minimum atomic E-state index is -0.286. The molecule has 1 aromatic carbocycles. The first-order chi connectivity index (χ1) is 12.8. The molecule has 26 heavy (non-hydrogen) atoms. The van der Waals surface area contributed by atoms with Crippen molar-refractivity contribution in [1.29, 1.82) is 0 Å². The molecule has 0 radical (unpaired) electrons.